The Balaban J connectivity index is 0.000000457. The van der Waals surface area contributed by atoms with Crippen LogP contribution in [-0.2, 0) is 93.8 Å². The fourth-order valence-electron chi connectivity index (χ4n) is 5.47. The molecule has 0 bridgehead atoms. The van der Waals surface area contributed by atoms with Crippen molar-refractivity contribution < 1.29 is 88.0 Å². The summed E-state index contributed by atoms with van der Waals surface area (Å²) in [6, 6.07) is 36.8. The van der Waals surface area contributed by atoms with Gasteiger partial charge in [0.2, 0.25) is 0 Å². The summed E-state index contributed by atoms with van der Waals surface area (Å²) in [7, 11) is 0. The van der Waals surface area contributed by atoms with Crippen LogP contribution in [0.25, 0.3) is 24.3 Å². The molecule has 0 saturated carbocycles. The molecule has 384 valence electrons. The number of carbonyl (C=O) groups excluding carboxylic acids is 4. The Hall–Kier alpha value is -8.27. The Morgan fingerprint density at radius 1 is 0.355 bits per heavy atom. The fourth-order valence-corrected chi connectivity index (χ4v) is 5.47. The molecule has 0 aliphatic rings. The van der Waals surface area contributed by atoms with Gasteiger partial charge < -0.3 is 67.3 Å². The minimum Gasteiger partial charge on any atom is -0.545 e. The molecule has 0 unspecified atom stereocenters. The Morgan fingerprint density at radius 2 is 0.553 bits per heavy atom. The summed E-state index contributed by atoms with van der Waals surface area (Å²) in [5, 5.41) is 39.9. The van der Waals surface area contributed by atoms with Crippen LogP contribution >= 0.6 is 0 Å². The number of aliphatic carboxylic acids is 4. The average molecular weight is 1130 g/mol. The van der Waals surface area contributed by atoms with Crippen molar-refractivity contribution in [1.29, 1.82) is 0 Å². The van der Waals surface area contributed by atoms with Gasteiger partial charge in [-0.15, -0.1) is 0 Å². The van der Waals surface area contributed by atoms with Crippen molar-refractivity contribution in [1.82, 2.24) is 38.2 Å². The van der Waals surface area contributed by atoms with Gasteiger partial charge in [-0.25, -0.2) is 19.9 Å². The van der Waals surface area contributed by atoms with Crippen LogP contribution in [0, 0.1) is 0 Å². The number of imidazole rings is 4. The maximum Gasteiger partial charge on any atom is 2.00 e. The van der Waals surface area contributed by atoms with E-state index in [4.69, 9.17) is 9.47 Å². The standard InChI is InChI=1S/2C10H14N4O.4C9H8O2.2Zn/c2*1-3-13(9-11-1)5-7-15-8-6-14-4-2-12-10-14;4*10-9(11)7-6-8-4-2-1-3-5-8;;/h2*1-4,9-10H,5-8H2;4*1-7H,(H,10,11);;/q;;;;;;2*+2/p-4/b;;4*7-6+;;. The second-order valence-corrected chi connectivity index (χ2v) is 14.7. The van der Waals surface area contributed by atoms with Gasteiger partial charge in [-0.2, -0.15) is 0 Å². The monoisotopic (exact) mass is 1130 g/mol. The molecule has 4 heterocycles. The predicted octanol–water partition coefficient (Wildman–Crippen LogP) is 3.39. The minimum atomic E-state index is -1.17. The molecule has 4 aromatic carbocycles. The number of ether oxygens (including phenoxy) is 2. The van der Waals surface area contributed by atoms with E-state index < -0.39 is 23.9 Å². The summed E-state index contributed by atoms with van der Waals surface area (Å²) in [5.74, 6) is -4.69. The van der Waals surface area contributed by atoms with E-state index in [-0.39, 0.29) is 39.0 Å². The second-order valence-electron chi connectivity index (χ2n) is 14.7. The molecule has 0 aliphatic carbocycles. The molecule has 0 fully saturated rings. The van der Waals surface area contributed by atoms with Crippen LogP contribution in [0.2, 0.25) is 0 Å². The number of carbonyl (C=O) groups is 4. The van der Waals surface area contributed by atoms with Crippen LogP contribution in [0.15, 0.2) is 221 Å². The number of carboxylic acid groups (broad SMARTS) is 4. The first-order chi connectivity index (χ1) is 36.0. The van der Waals surface area contributed by atoms with Crippen molar-refractivity contribution in [2.45, 2.75) is 26.2 Å². The zero-order chi connectivity index (χ0) is 53.1. The van der Waals surface area contributed by atoms with Crippen molar-refractivity contribution in [3.8, 4) is 0 Å². The molecule has 0 N–H and O–H groups in total. The van der Waals surface area contributed by atoms with Crippen LogP contribution in [0.1, 0.15) is 22.3 Å². The van der Waals surface area contributed by atoms with Crippen molar-refractivity contribution in [2.75, 3.05) is 26.4 Å². The number of carboxylic acids is 4. The normalized spacial score (nSPS) is 10.1. The quantitative estimate of drug-likeness (QED) is 0.0603. The Labute approximate surface area is 467 Å². The molecular formula is C56H56N8O10Zn2. The van der Waals surface area contributed by atoms with E-state index in [1.165, 1.54) is 24.3 Å². The Bertz CT molecular complexity index is 2400. The summed E-state index contributed by atoms with van der Waals surface area (Å²) in [6.07, 6.45) is 32.0. The van der Waals surface area contributed by atoms with Gasteiger partial charge >= 0.3 is 39.0 Å². The third-order valence-corrected chi connectivity index (χ3v) is 9.06. The summed E-state index contributed by atoms with van der Waals surface area (Å²) < 4.78 is 19.0. The molecule has 18 nitrogen and oxygen atoms in total. The number of nitrogens with zero attached hydrogens (tertiary/aromatic N) is 8. The minimum absolute atomic E-state index is 0. The number of rotatable bonds is 20. The average Bonchev–Trinajstić information content (AvgIpc) is 4.30. The van der Waals surface area contributed by atoms with Crippen LogP contribution in [0.3, 0.4) is 0 Å². The molecule has 20 heteroatoms. The fraction of sp³-hybridized carbons (Fsp3) is 0.143. The molecule has 4 aromatic heterocycles. The Kier molecular flexibility index (Phi) is 37.3. The van der Waals surface area contributed by atoms with Gasteiger partial charge in [0.1, 0.15) is 0 Å². The first-order valence-corrected chi connectivity index (χ1v) is 22.8. The van der Waals surface area contributed by atoms with E-state index in [0.29, 0.717) is 26.4 Å². The van der Waals surface area contributed by atoms with Gasteiger partial charge in [-0.05, 0) is 46.6 Å². The largest absolute Gasteiger partial charge is 2.00 e. The summed E-state index contributed by atoms with van der Waals surface area (Å²) >= 11 is 0. The van der Waals surface area contributed by atoms with Gasteiger partial charge in [-0.1, -0.05) is 146 Å². The molecule has 76 heavy (non-hydrogen) atoms. The number of benzene rings is 4. The van der Waals surface area contributed by atoms with E-state index in [9.17, 15) is 39.6 Å². The van der Waals surface area contributed by atoms with Crippen LogP contribution < -0.4 is 20.4 Å². The van der Waals surface area contributed by atoms with Crippen LogP contribution in [0.5, 0.6) is 0 Å². The van der Waals surface area contributed by atoms with E-state index in [1.807, 2.05) is 164 Å². The zero-order valence-corrected chi connectivity index (χ0v) is 47.8. The molecule has 0 atom stereocenters. The van der Waals surface area contributed by atoms with Crippen LogP contribution in [0.4, 0.5) is 0 Å². The number of hydrogen-bond acceptors (Lipinski definition) is 14. The van der Waals surface area contributed by atoms with E-state index in [1.54, 1.807) is 50.1 Å². The van der Waals surface area contributed by atoms with E-state index in [0.717, 1.165) is 72.7 Å². The van der Waals surface area contributed by atoms with Gasteiger partial charge in [0, 0.05) is 75.8 Å². The van der Waals surface area contributed by atoms with Crippen molar-refractivity contribution in [2.24, 2.45) is 0 Å². The van der Waals surface area contributed by atoms with Gasteiger partial charge in [0.05, 0.1) is 75.6 Å². The molecule has 0 saturated heterocycles. The summed E-state index contributed by atoms with van der Waals surface area (Å²) in [6.45, 7) is 6.26. The number of hydrogen-bond donors (Lipinski definition) is 0. The van der Waals surface area contributed by atoms with Crippen molar-refractivity contribution in [3.63, 3.8) is 0 Å². The van der Waals surface area contributed by atoms with Crippen LogP contribution in [-0.4, -0.2) is 88.5 Å². The van der Waals surface area contributed by atoms with Gasteiger partial charge in [0.25, 0.3) is 0 Å². The molecule has 8 rings (SSSR count). The third-order valence-electron chi connectivity index (χ3n) is 9.06. The maximum absolute atomic E-state index is 9.97. The second kappa shape index (κ2) is 43.2. The summed E-state index contributed by atoms with van der Waals surface area (Å²) in [4.78, 5) is 55.7. The SMILES string of the molecule is O=C([O-])/C=C/c1ccccc1.O=C([O-])/C=C/c1ccccc1.O=C([O-])/C=C/c1ccccc1.O=C([O-])/C=C/c1ccccc1.[Zn+2].[Zn+2].c1cn(CCOCCn2ccnc2)cn1.c1cn(CCOCCn2ccnc2)cn1. The smallest absolute Gasteiger partial charge is 0.545 e. The van der Waals surface area contributed by atoms with Crippen molar-refractivity contribution in [3.05, 3.63) is 243 Å². The zero-order valence-electron chi connectivity index (χ0n) is 41.8. The topological polar surface area (TPSA) is 250 Å². The van der Waals surface area contributed by atoms with E-state index in [2.05, 4.69) is 19.9 Å². The molecular weight excluding hydrogens is 1080 g/mol. The molecule has 0 radical (unpaired) electrons. The first-order valence-electron chi connectivity index (χ1n) is 22.8. The molecule has 0 spiro atoms. The molecule has 0 aliphatic heterocycles. The van der Waals surface area contributed by atoms with Gasteiger partial charge in [-0.3, -0.25) is 0 Å². The molecule has 0 amide bonds. The van der Waals surface area contributed by atoms with Gasteiger partial charge in [0.15, 0.2) is 0 Å². The molecule has 8 aromatic rings. The maximum atomic E-state index is 9.97. The third kappa shape index (κ3) is 35.8. The Morgan fingerprint density at radius 3 is 0.711 bits per heavy atom. The predicted molar refractivity (Wildman–Crippen MR) is 272 cm³/mol. The first kappa shape index (κ1) is 65.7. The van der Waals surface area contributed by atoms with Crippen molar-refractivity contribution >= 4 is 48.2 Å². The van der Waals surface area contributed by atoms with E-state index >= 15 is 0 Å². The number of aromatic nitrogens is 8. The summed E-state index contributed by atoms with van der Waals surface area (Å²) in [5.41, 5.74) is 3.43.